The number of carbonyl (C=O) groups is 1. The summed E-state index contributed by atoms with van der Waals surface area (Å²) in [6.45, 7) is 6.62. The van der Waals surface area contributed by atoms with Gasteiger partial charge in [-0.2, -0.15) is 0 Å². The molecule has 2 atom stereocenters. The molecule has 0 amide bonds. The van der Waals surface area contributed by atoms with Crippen LogP contribution in [0, 0.1) is 26.7 Å². The average Bonchev–Trinajstić information content (AvgIpc) is 3.59. The maximum atomic E-state index is 14.2. The van der Waals surface area contributed by atoms with Crippen LogP contribution in [0.15, 0.2) is 146 Å². The Bertz CT molecular complexity index is 2530. The molecule has 1 radical (unpaired) electrons. The molecule has 3 heteroatoms. The Balaban J connectivity index is 1.25. The number of fused-ring (bicyclic) bond motifs is 12. The summed E-state index contributed by atoms with van der Waals surface area (Å²) in [4.78, 5) is 16.6. The molecule has 0 fully saturated rings. The van der Waals surface area contributed by atoms with E-state index in [9.17, 15) is 4.79 Å². The zero-order chi connectivity index (χ0) is 33.7. The van der Waals surface area contributed by atoms with Crippen molar-refractivity contribution in [2.75, 3.05) is 4.90 Å². The second-order valence-corrected chi connectivity index (χ2v) is 17.2. The number of anilines is 3. The Morgan fingerprint density at radius 2 is 1.22 bits per heavy atom. The van der Waals surface area contributed by atoms with Crippen LogP contribution in [0.2, 0.25) is 0 Å². The molecule has 50 heavy (non-hydrogen) atoms. The summed E-state index contributed by atoms with van der Waals surface area (Å²) in [5, 5.41) is 0. The van der Waals surface area contributed by atoms with Crippen molar-refractivity contribution >= 4 is 50.5 Å². The van der Waals surface area contributed by atoms with E-state index in [1.54, 1.807) is 0 Å². The van der Waals surface area contributed by atoms with Crippen molar-refractivity contribution in [2.45, 2.75) is 26.2 Å². The van der Waals surface area contributed by atoms with Crippen molar-refractivity contribution in [3.8, 4) is 22.3 Å². The first-order valence-electron chi connectivity index (χ1n) is 17.3. The zero-order valence-electron chi connectivity index (χ0n) is 28.2. The van der Waals surface area contributed by atoms with Crippen LogP contribution in [0.1, 0.15) is 49.3 Å². The second-order valence-electron chi connectivity index (χ2n) is 14.0. The Hall–Kier alpha value is -5.07. The minimum absolute atomic E-state index is 0.115. The number of allylic oxidation sites excluding steroid dienone is 4. The SMILES string of the molecule is Cc1cc(C)c(N(c2ccccc2)c2ccc3c(c2)-c2ccccc2C32c3ccccc3-c3cc4c(cc32)C(=O)C2C=CC=CC2=[Te]4)c(C)c1. The molecule has 1 aliphatic heterocycles. The first-order valence-corrected chi connectivity index (χ1v) is 19.7. The molecule has 4 aliphatic rings. The van der Waals surface area contributed by atoms with Gasteiger partial charge in [-0.1, -0.05) is 35.9 Å². The van der Waals surface area contributed by atoms with Gasteiger partial charge in [-0.15, -0.1) is 0 Å². The van der Waals surface area contributed by atoms with E-state index < -0.39 is 25.9 Å². The molecule has 6 aromatic rings. The van der Waals surface area contributed by atoms with Gasteiger partial charge in [0.15, 0.2) is 0 Å². The quantitative estimate of drug-likeness (QED) is 0.168. The monoisotopic (exact) mass is 758 g/mol. The number of benzene rings is 6. The number of aryl methyl sites for hydroxylation is 3. The minimum Gasteiger partial charge on any atom is -0.0543 e. The van der Waals surface area contributed by atoms with Crippen molar-refractivity contribution in [3.05, 3.63) is 190 Å². The molecule has 0 saturated heterocycles. The maximum absolute atomic E-state index is 14.2. The fraction of sp³-hybridized carbons (Fsp3) is 0.106. The average molecular weight is 756 g/mol. The Morgan fingerprint density at radius 1 is 0.580 bits per heavy atom. The molecule has 1 heterocycles. The topological polar surface area (TPSA) is 20.3 Å². The van der Waals surface area contributed by atoms with Crippen LogP contribution in [-0.4, -0.2) is 29.8 Å². The van der Waals surface area contributed by atoms with Crippen LogP contribution in [0.25, 0.3) is 22.3 Å². The molecule has 3 aliphatic carbocycles. The predicted octanol–water partition coefficient (Wildman–Crippen LogP) is 9.87. The smallest absolute Gasteiger partial charge is 0.0543 e. The van der Waals surface area contributed by atoms with E-state index in [0.717, 1.165) is 16.9 Å². The number of rotatable bonds is 3. The number of hydrogen-bond acceptors (Lipinski definition) is 2. The van der Waals surface area contributed by atoms with Crippen LogP contribution in [-0.2, 0) is 5.41 Å². The van der Waals surface area contributed by atoms with Gasteiger partial charge in [0.05, 0.1) is 0 Å². The minimum atomic E-state index is -0.661. The molecule has 2 unspecified atom stereocenters. The van der Waals surface area contributed by atoms with Gasteiger partial charge in [0.25, 0.3) is 0 Å². The molecule has 239 valence electrons. The summed E-state index contributed by atoms with van der Waals surface area (Å²) in [6.07, 6.45) is 8.41. The third-order valence-electron chi connectivity index (χ3n) is 11.1. The summed E-state index contributed by atoms with van der Waals surface area (Å²) in [5.41, 5.74) is 17.9. The van der Waals surface area contributed by atoms with E-state index in [4.69, 9.17) is 0 Å². The molecule has 0 aromatic heterocycles. The number of para-hydroxylation sites is 1. The first-order chi connectivity index (χ1) is 24.4. The molecular formula is C47H34NOTe. The fourth-order valence-corrected chi connectivity index (χ4v) is 12.5. The second kappa shape index (κ2) is 11.0. The van der Waals surface area contributed by atoms with Crippen LogP contribution in [0.5, 0.6) is 0 Å². The van der Waals surface area contributed by atoms with Gasteiger partial charge in [-0.3, -0.25) is 0 Å². The third-order valence-corrected chi connectivity index (χ3v) is 14.4. The van der Waals surface area contributed by atoms with Crippen molar-refractivity contribution in [1.82, 2.24) is 0 Å². The van der Waals surface area contributed by atoms with Crippen LogP contribution < -0.4 is 8.51 Å². The van der Waals surface area contributed by atoms with Gasteiger partial charge in [-0.05, 0) is 20.8 Å². The molecule has 1 spiro atoms. The molecule has 0 saturated carbocycles. The normalized spacial score (nSPS) is 18.6. The fourth-order valence-electron chi connectivity index (χ4n) is 9.21. The standard InChI is InChI=1S/C47H34NOTe/c1-28-23-29(2)45(30(3)24-28)48(31-13-5-4-6-14-31)32-21-22-41-36(25-32)33-15-7-10-18-39(33)47(41)40-19-11-8-16-34(40)37-27-44-38(26-42(37)47)46(49)35-17-9-12-20-43(35)50-44/h4-27,35H,1-3H3. The molecular weight excluding hydrogens is 722 g/mol. The number of Topliss-reactive ketones (excluding diaryl/α,β-unsaturated/α-hetero) is 1. The van der Waals surface area contributed by atoms with E-state index in [0.29, 0.717) is 0 Å². The van der Waals surface area contributed by atoms with Crippen molar-refractivity contribution < 1.29 is 4.79 Å². The van der Waals surface area contributed by atoms with Crippen molar-refractivity contribution in [1.29, 1.82) is 0 Å². The molecule has 6 aromatic carbocycles. The summed E-state index contributed by atoms with van der Waals surface area (Å²) in [7, 11) is 0. The summed E-state index contributed by atoms with van der Waals surface area (Å²) in [6, 6.07) is 45.0. The van der Waals surface area contributed by atoms with Crippen molar-refractivity contribution in [2.24, 2.45) is 5.92 Å². The van der Waals surface area contributed by atoms with Crippen LogP contribution in [0.3, 0.4) is 0 Å². The number of ketones is 1. The molecule has 0 bridgehead atoms. The van der Waals surface area contributed by atoms with Gasteiger partial charge in [0.2, 0.25) is 0 Å². The van der Waals surface area contributed by atoms with E-state index in [1.165, 1.54) is 74.0 Å². The number of nitrogens with zero attached hydrogens (tertiary/aromatic N) is 1. The van der Waals surface area contributed by atoms with Gasteiger partial charge in [0.1, 0.15) is 0 Å². The Labute approximate surface area is 303 Å². The molecule has 0 N–H and O–H groups in total. The van der Waals surface area contributed by atoms with E-state index in [2.05, 4.69) is 165 Å². The van der Waals surface area contributed by atoms with Crippen LogP contribution >= 0.6 is 0 Å². The third kappa shape index (κ3) is 4.03. The predicted molar refractivity (Wildman–Crippen MR) is 208 cm³/mol. The van der Waals surface area contributed by atoms with Gasteiger partial charge in [-0.25, -0.2) is 0 Å². The van der Waals surface area contributed by atoms with Gasteiger partial charge >= 0.3 is 248 Å². The van der Waals surface area contributed by atoms with E-state index in [1.807, 2.05) is 6.08 Å². The Kier molecular flexibility index (Phi) is 6.54. The van der Waals surface area contributed by atoms with E-state index in [-0.39, 0.29) is 11.7 Å². The zero-order valence-corrected chi connectivity index (χ0v) is 30.5. The Morgan fingerprint density at radius 3 is 1.94 bits per heavy atom. The number of carbonyl (C=O) groups excluding carboxylic acids is 1. The molecule has 2 nitrogen and oxygen atoms in total. The van der Waals surface area contributed by atoms with Gasteiger partial charge in [0, 0.05) is 0 Å². The van der Waals surface area contributed by atoms with E-state index >= 15 is 0 Å². The van der Waals surface area contributed by atoms with Gasteiger partial charge < -0.3 is 0 Å². The first kappa shape index (κ1) is 29.8. The summed E-state index contributed by atoms with van der Waals surface area (Å²) in [5.74, 6) is 0.126. The van der Waals surface area contributed by atoms with Crippen molar-refractivity contribution in [3.63, 3.8) is 0 Å². The summed E-state index contributed by atoms with van der Waals surface area (Å²) >= 11 is -0.661. The summed E-state index contributed by atoms with van der Waals surface area (Å²) < 4.78 is 2.59. The molecule has 10 rings (SSSR count). The number of hydrogen-bond donors (Lipinski definition) is 0. The van der Waals surface area contributed by atoms with Crippen LogP contribution in [0.4, 0.5) is 17.1 Å².